The van der Waals surface area contributed by atoms with E-state index in [0.717, 1.165) is 17.7 Å². The minimum atomic E-state index is -3.68. The zero-order valence-corrected chi connectivity index (χ0v) is 20.7. The van der Waals surface area contributed by atoms with E-state index in [0.29, 0.717) is 30.5 Å². The van der Waals surface area contributed by atoms with E-state index in [1.54, 1.807) is 40.6 Å². The van der Waals surface area contributed by atoms with Crippen LogP contribution in [0.15, 0.2) is 83.9 Å². The van der Waals surface area contributed by atoms with Gasteiger partial charge in [0.05, 0.1) is 16.6 Å². The molecule has 3 atom stereocenters. The largest absolute Gasteiger partial charge is 0.329 e. The van der Waals surface area contributed by atoms with Crippen molar-refractivity contribution in [2.24, 2.45) is 11.8 Å². The van der Waals surface area contributed by atoms with E-state index in [2.05, 4.69) is 18.8 Å². The highest BCUT2D eigenvalue weighted by molar-refractivity contribution is 7.89. The Hall–Kier alpha value is -3.03. The van der Waals surface area contributed by atoms with Crippen molar-refractivity contribution in [3.63, 3.8) is 0 Å². The molecule has 178 valence electrons. The number of piperidine rings is 1. The van der Waals surface area contributed by atoms with Gasteiger partial charge in [-0.15, -0.1) is 0 Å². The van der Waals surface area contributed by atoms with E-state index >= 15 is 0 Å². The average molecular weight is 478 g/mol. The summed E-state index contributed by atoms with van der Waals surface area (Å²) < 4.78 is 28.3. The van der Waals surface area contributed by atoms with Crippen LogP contribution in [0.4, 0.5) is 0 Å². The normalized spacial score (nSPS) is 20.0. The van der Waals surface area contributed by atoms with Crippen molar-refractivity contribution >= 4 is 15.9 Å². The molecule has 1 amide bonds. The molecule has 34 heavy (non-hydrogen) atoms. The first-order valence-electron chi connectivity index (χ1n) is 11.6. The predicted molar refractivity (Wildman–Crippen MR) is 133 cm³/mol. The van der Waals surface area contributed by atoms with Gasteiger partial charge >= 0.3 is 0 Å². The van der Waals surface area contributed by atoms with Gasteiger partial charge < -0.3 is 4.90 Å². The number of sulfonamides is 1. The third-order valence-corrected chi connectivity index (χ3v) is 8.17. The number of hydrogen-bond acceptors (Lipinski definition) is 4. The van der Waals surface area contributed by atoms with E-state index in [1.165, 1.54) is 6.07 Å². The molecule has 0 radical (unpaired) electrons. The second-order valence-corrected chi connectivity index (χ2v) is 11.2. The summed E-state index contributed by atoms with van der Waals surface area (Å²) in [6.07, 6.45) is 2.72. The van der Waals surface area contributed by atoms with Gasteiger partial charge in [-0.05, 0) is 54.2 Å². The van der Waals surface area contributed by atoms with Gasteiger partial charge in [-0.3, -0.25) is 9.78 Å². The first-order valence-corrected chi connectivity index (χ1v) is 13.0. The van der Waals surface area contributed by atoms with Crippen LogP contribution in [-0.2, 0) is 10.0 Å². The van der Waals surface area contributed by atoms with Crippen molar-refractivity contribution in [3.05, 3.63) is 95.8 Å². The molecular weight excluding hydrogens is 446 g/mol. The van der Waals surface area contributed by atoms with Gasteiger partial charge in [-0.25, -0.2) is 8.42 Å². The van der Waals surface area contributed by atoms with Gasteiger partial charge in [0.1, 0.15) is 0 Å². The molecule has 1 aliphatic heterocycles. The molecule has 7 heteroatoms. The molecule has 0 aliphatic carbocycles. The second kappa shape index (κ2) is 10.1. The molecule has 1 saturated heterocycles. The van der Waals surface area contributed by atoms with E-state index in [-0.39, 0.29) is 10.8 Å². The lowest BCUT2D eigenvalue weighted by Crippen LogP contribution is -2.42. The molecule has 2 aromatic carbocycles. The van der Waals surface area contributed by atoms with Crippen LogP contribution < -0.4 is 0 Å². The van der Waals surface area contributed by atoms with Crippen LogP contribution in [0.25, 0.3) is 0 Å². The van der Waals surface area contributed by atoms with E-state index in [1.807, 2.05) is 48.5 Å². The summed E-state index contributed by atoms with van der Waals surface area (Å²) in [4.78, 5) is 19.8. The lowest BCUT2D eigenvalue weighted by atomic mass is 9.94. The molecule has 6 nitrogen and oxygen atoms in total. The number of carbonyl (C=O) groups is 1. The summed E-state index contributed by atoms with van der Waals surface area (Å²) in [5.41, 5.74) is 2.00. The summed E-state index contributed by atoms with van der Waals surface area (Å²) in [6, 6.07) is 21.3. The Morgan fingerprint density at radius 2 is 1.65 bits per heavy atom. The van der Waals surface area contributed by atoms with Gasteiger partial charge in [0.2, 0.25) is 10.0 Å². The number of nitrogens with zero attached hydrogens (tertiary/aromatic N) is 3. The highest BCUT2D eigenvalue weighted by Gasteiger charge is 2.32. The minimum absolute atomic E-state index is 0.155. The van der Waals surface area contributed by atoms with Gasteiger partial charge in [0.15, 0.2) is 0 Å². The number of benzene rings is 2. The van der Waals surface area contributed by atoms with Crippen LogP contribution >= 0.6 is 0 Å². The smallest absolute Gasteiger partial charge is 0.254 e. The van der Waals surface area contributed by atoms with Crippen molar-refractivity contribution in [1.82, 2.24) is 14.2 Å². The topological polar surface area (TPSA) is 70.6 Å². The molecule has 3 unspecified atom stereocenters. The first-order chi connectivity index (χ1) is 16.3. The summed E-state index contributed by atoms with van der Waals surface area (Å²) in [6.45, 7) is 5.16. The first kappa shape index (κ1) is 24.1. The fourth-order valence-electron chi connectivity index (χ4n) is 4.83. The Morgan fingerprint density at radius 3 is 2.29 bits per heavy atom. The summed E-state index contributed by atoms with van der Waals surface area (Å²) >= 11 is 0. The zero-order chi connectivity index (χ0) is 24.3. The molecule has 1 fully saturated rings. The number of hydrogen-bond donors (Lipinski definition) is 0. The second-order valence-electron chi connectivity index (χ2n) is 9.28. The molecule has 0 spiro atoms. The number of rotatable bonds is 6. The molecule has 3 aromatic rings. The van der Waals surface area contributed by atoms with Crippen molar-refractivity contribution in [2.45, 2.75) is 31.2 Å². The van der Waals surface area contributed by atoms with E-state index in [4.69, 9.17) is 0 Å². The molecule has 1 aromatic heterocycles. The van der Waals surface area contributed by atoms with Crippen molar-refractivity contribution in [2.75, 3.05) is 20.1 Å². The number of pyridine rings is 1. The zero-order valence-electron chi connectivity index (χ0n) is 19.8. The lowest BCUT2D eigenvalue weighted by molar-refractivity contribution is 0.0752. The highest BCUT2D eigenvalue weighted by Crippen LogP contribution is 2.29. The fourth-order valence-corrected chi connectivity index (χ4v) is 6.55. The summed E-state index contributed by atoms with van der Waals surface area (Å²) in [7, 11) is -1.96. The third-order valence-electron chi connectivity index (χ3n) is 6.34. The molecule has 2 heterocycles. The van der Waals surface area contributed by atoms with Gasteiger partial charge in [0, 0.05) is 31.9 Å². The van der Waals surface area contributed by atoms with Crippen molar-refractivity contribution < 1.29 is 13.2 Å². The van der Waals surface area contributed by atoms with E-state index < -0.39 is 16.1 Å². The molecule has 0 bridgehead atoms. The lowest BCUT2D eigenvalue weighted by Gasteiger charge is -2.34. The molecule has 0 saturated carbocycles. The summed E-state index contributed by atoms with van der Waals surface area (Å²) in [5, 5.41) is 0. The Kier molecular flexibility index (Phi) is 7.14. The highest BCUT2D eigenvalue weighted by atomic mass is 32.2. The van der Waals surface area contributed by atoms with Crippen LogP contribution in [0.1, 0.15) is 47.9 Å². The molecule has 0 N–H and O–H groups in total. The maximum atomic E-state index is 13.6. The van der Waals surface area contributed by atoms with Crippen molar-refractivity contribution in [1.29, 1.82) is 0 Å². The quantitative estimate of drug-likeness (QED) is 0.520. The Balaban J connectivity index is 1.66. The minimum Gasteiger partial charge on any atom is -0.329 e. The predicted octanol–water partition coefficient (Wildman–Crippen LogP) is 4.61. The monoisotopic (exact) mass is 477 g/mol. The van der Waals surface area contributed by atoms with Crippen LogP contribution in [0, 0.1) is 11.8 Å². The number of carbonyl (C=O) groups excluding carboxylic acids is 1. The maximum absolute atomic E-state index is 13.6. The fraction of sp³-hybridized carbons (Fsp3) is 0.333. The molecule has 4 rings (SSSR count). The van der Waals surface area contributed by atoms with E-state index in [9.17, 15) is 13.2 Å². The molecule has 1 aliphatic rings. The maximum Gasteiger partial charge on any atom is 0.254 e. The van der Waals surface area contributed by atoms with Crippen LogP contribution in [0.2, 0.25) is 0 Å². The third kappa shape index (κ3) is 5.05. The Bertz CT molecular complexity index is 1180. The average Bonchev–Trinajstić information content (AvgIpc) is 2.84. The van der Waals surface area contributed by atoms with Gasteiger partial charge in [0.25, 0.3) is 5.91 Å². The molecular formula is C27H31N3O3S. The Morgan fingerprint density at radius 1 is 0.971 bits per heavy atom. The number of aromatic nitrogens is 1. The SMILES string of the molecule is CC1CC(C)CN(S(=O)(=O)c2cccc(C(=O)N(C)C(c3ccccc3)c3ccccn3)c2)C1. The van der Waals surface area contributed by atoms with Crippen molar-refractivity contribution in [3.8, 4) is 0 Å². The van der Waals surface area contributed by atoms with Crippen LogP contribution in [0.5, 0.6) is 0 Å². The van der Waals surface area contributed by atoms with Crippen LogP contribution in [-0.4, -0.2) is 48.7 Å². The van der Waals surface area contributed by atoms with Crippen LogP contribution in [0.3, 0.4) is 0 Å². The Labute approximate surface area is 202 Å². The number of amides is 1. The van der Waals surface area contributed by atoms with Gasteiger partial charge in [-0.1, -0.05) is 56.3 Å². The standard InChI is InChI=1S/C27H31N3O3S/c1-20-16-21(2)19-30(18-20)34(32,33)24-13-9-12-23(17-24)27(31)29(3)26(22-10-5-4-6-11-22)25-14-7-8-15-28-25/h4-15,17,20-21,26H,16,18-19H2,1-3H3. The van der Waals surface area contributed by atoms with Gasteiger partial charge in [-0.2, -0.15) is 4.31 Å². The summed E-state index contributed by atoms with van der Waals surface area (Å²) in [5.74, 6) is 0.343.